The van der Waals surface area contributed by atoms with Gasteiger partial charge in [-0.05, 0) is 63.0 Å². The fraction of sp³-hybridized carbons (Fsp3) is 0.364. The summed E-state index contributed by atoms with van der Waals surface area (Å²) in [5, 5.41) is 30.1. The molecular formula is C22H27N5O6. The number of non-ortho nitro benzene ring substituents is 2. The normalized spacial score (nSPS) is 10.4. The smallest absolute Gasteiger partial charge is 0.269 e. The van der Waals surface area contributed by atoms with Crippen LogP contribution in [0.5, 0.6) is 0 Å². The van der Waals surface area contributed by atoms with E-state index in [1.54, 1.807) is 0 Å². The Morgan fingerprint density at radius 2 is 0.939 bits per heavy atom. The molecule has 0 atom stereocenters. The average Bonchev–Trinajstić information content (AvgIpc) is 2.82. The van der Waals surface area contributed by atoms with Crippen LogP contribution in [0, 0.1) is 20.2 Å². The molecule has 0 aromatic heterocycles. The molecule has 0 aliphatic heterocycles. The topological polar surface area (TPSA) is 157 Å². The number of carbonyl (C=O) groups excluding carboxylic acids is 2. The summed E-state index contributed by atoms with van der Waals surface area (Å²) in [4.78, 5) is 44.2. The van der Waals surface area contributed by atoms with Crippen LogP contribution in [0.25, 0.3) is 0 Å². The third-order valence-corrected chi connectivity index (χ3v) is 4.81. The highest BCUT2D eigenvalue weighted by Crippen LogP contribution is 2.12. The van der Waals surface area contributed by atoms with Gasteiger partial charge in [0.15, 0.2) is 0 Å². The number of unbranched alkanes of at least 4 members (excludes halogenated alkanes) is 2. The molecule has 0 bridgehead atoms. The maximum atomic E-state index is 12.0. The highest BCUT2D eigenvalue weighted by atomic mass is 16.6. The van der Waals surface area contributed by atoms with Crippen molar-refractivity contribution in [2.45, 2.75) is 25.7 Å². The molecule has 0 saturated heterocycles. The van der Waals surface area contributed by atoms with E-state index in [-0.39, 0.29) is 23.2 Å². The van der Waals surface area contributed by atoms with E-state index >= 15 is 0 Å². The number of nitro groups is 2. The number of nitro benzene ring substituents is 2. The summed E-state index contributed by atoms with van der Waals surface area (Å²) in [6.07, 6.45) is 3.38. The van der Waals surface area contributed by atoms with Crippen molar-refractivity contribution in [3.05, 3.63) is 79.9 Å². The highest BCUT2D eigenvalue weighted by molar-refractivity contribution is 5.94. The van der Waals surface area contributed by atoms with E-state index in [4.69, 9.17) is 0 Å². The molecule has 11 heteroatoms. The van der Waals surface area contributed by atoms with Crippen molar-refractivity contribution in [1.82, 2.24) is 16.0 Å². The molecule has 33 heavy (non-hydrogen) atoms. The Labute approximate surface area is 190 Å². The maximum Gasteiger partial charge on any atom is 0.269 e. The zero-order valence-corrected chi connectivity index (χ0v) is 18.1. The van der Waals surface area contributed by atoms with Crippen LogP contribution in [0.4, 0.5) is 11.4 Å². The molecule has 2 rings (SSSR count). The van der Waals surface area contributed by atoms with Gasteiger partial charge in [0.05, 0.1) is 9.85 Å². The first-order valence-corrected chi connectivity index (χ1v) is 10.6. The van der Waals surface area contributed by atoms with E-state index in [9.17, 15) is 29.8 Å². The van der Waals surface area contributed by atoms with Gasteiger partial charge in [0.25, 0.3) is 23.2 Å². The largest absolute Gasteiger partial charge is 0.352 e. The number of hydrogen-bond acceptors (Lipinski definition) is 7. The first kappa shape index (κ1) is 25.4. The Morgan fingerprint density at radius 3 is 1.27 bits per heavy atom. The van der Waals surface area contributed by atoms with Crippen molar-refractivity contribution >= 4 is 23.2 Å². The minimum Gasteiger partial charge on any atom is -0.352 e. The number of nitrogens with one attached hydrogen (secondary N) is 3. The third kappa shape index (κ3) is 9.03. The van der Waals surface area contributed by atoms with Crippen molar-refractivity contribution in [3.8, 4) is 0 Å². The SMILES string of the molecule is O=C(NCCCCNCCCCNC(=O)c1ccc([N+](=O)[O-])cc1)c1ccc([N+](=O)[O-])cc1. The van der Waals surface area contributed by atoms with Crippen LogP contribution in [0.3, 0.4) is 0 Å². The molecule has 2 aromatic carbocycles. The minimum absolute atomic E-state index is 0.0514. The molecule has 0 radical (unpaired) electrons. The Morgan fingerprint density at radius 1 is 0.606 bits per heavy atom. The summed E-state index contributed by atoms with van der Waals surface area (Å²) >= 11 is 0. The summed E-state index contributed by atoms with van der Waals surface area (Å²) in [6.45, 7) is 2.66. The summed E-state index contributed by atoms with van der Waals surface area (Å²) in [6, 6.07) is 11.0. The van der Waals surface area contributed by atoms with E-state index in [0.29, 0.717) is 24.2 Å². The number of carbonyl (C=O) groups is 2. The van der Waals surface area contributed by atoms with Gasteiger partial charge in [-0.2, -0.15) is 0 Å². The van der Waals surface area contributed by atoms with E-state index in [0.717, 1.165) is 38.8 Å². The number of amides is 2. The van der Waals surface area contributed by atoms with Gasteiger partial charge in [-0.1, -0.05) is 0 Å². The van der Waals surface area contributed by atoms with Crippen LogP contribution in [-0.2, 0) is 0 Å². The number of benzene rings is 2. The van der Waals surface area contributed by atoms with Gasteiger partial charge in [-0.3, -0.25) is 29.8 Å². The van der Waals surface area contributed by atoms with Crippen molar-refractivity contribution in [1.29, 1.82) is 0 Å². The lowest BCUT2D eigenvalue weighted by atomic mass is 10.2. The average molecular weight is 457 g/mol. The van der Waals surface area contributed by atoms with Crippen LogP contribution < -0.4 is 16.0 Å². The third-order valence-electron chi connectivity index (χ3n) is 4.81. The summed E-state index contributed by atoms with van der Waals surface area (Å²) < 4.78 is 0. The molecule has 0 spiro atoms. The summed E-state index contributed by atoms with van der Waals surface area (Å²) in [7, 11) is 0. The van der Waals surface area contributed by atoms with Crippen LogP contribution in [0.15, 0.2) is 48.5 Å². The molecule has 0 saturated carbocycles. The van der Waals surface area contributed by atoms with Crippen LogP contribution in [-0.4, -0.2) is 47.8 Å². The lowest BCUT2D eigenvalue weighted by molar-refractivity contribution is -0.385. The number of nitrogens with zero attached hydrogens (tertiary/aromatic N) is 2. The van der Waals surface area contributed by atoms with Crippen molar-refractivity contribution < 1.29 is 19.4 Å². The Balaban J connectivity index is 1.46. The van der Waals surface area contributed by atoms with Crippen molar-refractivity contribution in [2.75, 3.05) is 26.2 Å². The fourth-order valence-electron chi connectivity index (χ4n) is 2.95. The van der Waals surface area contributed by atoms with E-state index in [2.05, 4.69) is 16.0 Å². The van der Waals surface area contributed by atoms with Gasteiger partial charge in [0, 0.05) is 48.5 Å². The first-order chi connectivity index (χ1) is 15.9. The first-order valence-electron chi connectivity index (χ1n) is 10.6. The fourth-order valence-corrected chi connectivity index (χ4v) is 2.95. The Kier molecular flexibility index (Phi) is 10.4. The zero-order chi connectivity index (χ0) is 24.1. The minimum atomic E-state index is -0.507. The molecule has 0 heterocycles. The van der Waals surface area contributed by atoms with E-state index in [1.165, 1.54) is 48.5 Å². The van der Waals surface area contributed by atoms with Gasteiger partial charge < -0.3 is 16.0 Å². The summed E-state index contributed by atoms with van der Waals surface area (Å²) in [5.41, 5.74) is 0.674. The summed E-state index contributed by atoms with van der Waals surface area (Å²) in [5.74, 6) is -0.512. The second kappa shape index (κ2) is 13.5. The van der Waals surface area contributed by atoms with Gasteiger partial charge in [-0.15, -0.1) is 0 Å². The number of rotatable bonds is 14. The van der Waals surface area contributed by atoms with E-state index < -0.39 is 9.85 Å². The van der Waals surface area contributed by atoms with E-state index in [1.807, 2.05) is 0 Å². The van der Waals surface area contributed by atoms with Crippen LogP contribution >= 0.6 is 0 Å². The molecule has 2 aromatic rings. The lowest BCUT2D eigenvalue weighted by Gasteiger charge is -2.07. The Hall–Kier alpha value is -3.86. The molecule has 0 fully saturated rings. The molecule has 176 valence electrons. The van der Waals surface area contributed by atoms with Crippen molar-refractivity contribution in [3.63, 3.8) is 0 Å². The molecule has 0 aliphatic rings. The standard InChI is InChI=1S/C22H27N5O6/c28-21(17-5-9-19(10-6-17)26(30)31)24-15-3-1-13-23-14-2-4-16-25-22(29)18-7-11-20(12-8-18)27(32)33/h5-12,23H,1-4,13-16H2,(H,24,28)(H,25,29). The monoisotopic (exact) mass is 457 g/mol. The number of hydrogen-bond donors (Lipinski definition) is 3. The Bertz CT molecular complexity index is 869. The van der Waals surface area contributed by atoms with Crippen LogP contribution in [0.2, 0.25) is 0 Å². The molecular weight excluding hydrogens is 430 g/mol. The van der Waals surface area contributed by atoms with Crippen molar-refractivity contribution in [2.24, 2.45) is 0 Å². The van der Waals surface area contributed by atoms with Gasteiger partial charge >= 0.3 is 0 Å². The van der Waals surface area contributed by atoms with Gasteiger partial charge in [0.2, 0.25) is 0 Å². The lowest BCUT2D eigenvalue weighted by Crippen LogP contribution is -2.26. The molecule has 0 unspecified atom stereocenters. The quantitative estimate of drug-likeness (QED) is 0.224. The highest BCUT2D eigenvalue weighted by Gasteiger charge is 2.09. The maximum absolute atomic E-state index is 12.0. The second-order valence-electron chi connectivity index (χ2n) is 7.28. The van der Waals surface area contributed by atoms with Gasteiger partial charge in [-0.25, -0.2) is 0 Å². The molecule has 2 amide bonds. The van der Waals surface area contributed by atoms with Gasteiger partial charge in [0.1, 0.15) is 0 Å². The zero-order valence-electron chi connectivity index (χ0n) is 18.1. The molecule has 11 nitrogen and oxygen atoms in total. The van der Waals surface area contributed by atoms with Crippen LogP contribution in [0.1, 0.15) is 46.4 Å². The second-order valence-corrected chi connectivity index (χ2v) is 7.28. The predicted molar refractivity (Wildman–Crippen MR) is 122 cm³/mol. The molecule has 0 aliphatic carbocycles. The predicted octanol–water partition coefficient (Wildman–Crippen LogP) is 2.81. The molecule has 3 N–H and O–H groups in total.